The van der Waals surface area contributed by atoms with Gasteiger partial charge in [0, 0.05) is 11.4 Å². The van der Waals surface area contributed by atoms with E-state index in [2.05, 4.69) is 105 Å². The molecule has 2 unspecified atom stereocenters. The predicted molar refractivity (Wildman–Crippen MR) is 154 cm³/mol. The van der Waals surface area contributed by atoms with Crippen molar-refractivity contribution in [3.8, 4) is 11.5 Å². The van der Waals surface area contributed by atoms with Crippen molar-refractivity contribution in [2.45, 2.75) is 83.4 Å². The highest BCUT2D eigenvalue weighted by Crippen LogP contribution is 2.37. The average Bonchev–Trinajstić information content (AvgIpc) is 2.72. The Kier molecular flexibility index (Phi) is 9.12. The van der Waals surface area contributed by atoms with Crippen LogP contribution in [0, 0.1) is 11.5 Å². The van der Waals surface area contributed by atoms with E-state index in [0.717, 1.165) is 0 Å². The van der Waals surface area contributed by atoms with Crippen molar-refractivity contribution in [3.05, 3.63) is 60.7 Å². The van der Waals surface area contributed by atoms with Crippen LogP contribution in [0.1, 0.15) is 48.5 Å². The van der Waals surface area contributed by atoms with E-state index in [1.807, 2.05) is 39.8 Å². The molecule has 0 spiro atoms. The maximum absolute atomic E-state index is 13.2. The topological polar surface area (TPSA) is 44.3 Å². The molecule has 0 aliphatic heterocycles. The van der Waals surface area contributed by atoms with Crippen molar-refractivity contribution in [2.24, 2.45) is 0 Å². The Bertz CT molecular complexity index is 943. The third kappa shape index (κ3) is 7.33. The highest BCUT2D eigenvalue weighted by Gasteiger charge is 2.51. The van der Waals surface area contributed by atoms with Crippen molar-refractivity contribution >= 4 is 38.1 Å². The Labute approximate surface area is 213 Å². The summed E-state index contributed by atoms with van der Waals surface area (Å²) in [4.78, 5) is 0. The molecule has 0 saturated heterocycles. The lowest BCUT2D eigenvalue weighted by Crippen LogP contribution is -2.68. The van der Waals surface area contributed by atoms with Gasteiger partial charge in [-0.1, -0.05) is 107 Å². The largest absolute Gasteiger partial charge is 0.598 e. The predicted octanol–water partition coefficient (Wildman–Crippen LogP) is 5.25. The Hall–Kier alpha value is -1.34. The van der Waals surface area contributed by atoms with Crippen LogP contribution in [-0.4, -0.2) is 37.8 Å². The number of nitrogens with one attached hydrogen (secondary N) is 1. The molecule has 2 rings (SSSR count). The van der Waals surface area contributed by atoms with Crippen LogP contribution in [0.15, 0.2) is 60.7 Å². The summed E-state index contributed by atoms with van der Waals surface area (Å²) in [5.41, 5.74) is 2.76. The lowest BCUT2D eigenvalue weighted by molar-refractivity contribution is 0.239. The molecule has 34 heavy (non-hydrogen) atoms. The van der Waals surface area contributed by atoms with Gasteiger partial charge in [0.05, 0.1) is 6.61 Å². The lowest BCUT2D eigenvalue weighted by atomic mass is 10.1. The molecule has 0 fully saturated rings. The molecule has 2 atom stereocenters. The summed E-state index contributed by atoms with van der Waals surface area (Å²) in [5, 5.41) is 2.32. The van der Waals surface area contributed by atoms with Gasteiger partial charge in [-0.05, 0) is 43.1 Å². The van der Waals surface area contributed by atoms with Gasteiger partial charge >= 0.3 is 0 Å². The van der Waals surface area contributed by atoms with Gasteiger partial charge in [-0.2, -0.15) is 0 Å². The Morgan fingerprint density at radius 2 is 1.26 bits per heavy atom. The van der Waals surface area contributed by atoms with E-state index in [1.165, 1.54) is 10.4 Å². The Morgan fingerprint density at radius 1 is 0.824 bits per heavy atom. The average molecular weight is 514 g/mol. The normalized spacial score (nSPS) is 15.7. The first-order valence-corrected chi connectivity index (χ1v) is 18.6. The monoisotopic (exact) mass is 513 g/mol. The SMILES string of the molecule is CC(C#C[Si](C)(C)C)(CO[Si](c1ccccc1)(c1ccccc1)C(C)(C)C)N[S+]([O-])C(C)(C)C. The molecule has 0 aliphatic rings. The van der Waals surface area contributed by atoms with Gasteiger partial charge in [-0.25, -0.2) is 0 Å². The minimum absolute atomic E-state index is 0.133. The van der Waals surface area contributed by atoms with Crippen LogP contribution in [0.2, 0.25) is 24.7 Å². The number of rotatable bonds is 7. The fraction of sp³-hybridized carbons (Fsp3) is 0.500. The third-order valence-electron chi connectivity index (χ3n) is 5.58. The maximum atomic E-state index is 13.2. The van der Waals surface area contributed by atoms with Crippen molar-refractivity contribution in [2.75, 3.05) is 6.61 Å². The van der Waals surface area contributed by atoms with Crippen molar-refractivity contribution in [1.29, 1.82) is 0 Å². The van der Waals surface area contributed by atoms with Gasteiger partial charge in [0.15, 0.2) is 0 Å². The summed E-state index contributed by atoms with van der Waals surface area (Å²) in [6, 6.07) is 21.2. The fourth-order valence-corrected chi connectivity index (χ4v) is 9.93. The van der Waals surface area contributed by atoms with E-state index in [-0.39, 0.29) is 5.04 Å². The van der Waals surface area contributed by atoms with E-state index >= 15 is 0 Å². The van der Waals surface area contributed by atoms with E-state index in [0.29, 0.717) is 6.61 Å². The molecule has 2 aromatic carbocycles. The van der Waals surface area contributed by atoms with Gasteiger partial charge in [0.1, 0.15) is 18.4 Å². The first kappa shape index (κ1) is 28.9. The number of hydrogen-bond donors (Lipinski definition) is 1. The van der Waals surface area contributed by atoms with Crippen molar-refractivity contribution < 1.29 is 8.98 Å². The van der Waals surface area contributed by atoms with E-state index < -0.39 is 38.0 Å². The highest BCUT2D eigenvalue weighted by molar-refractivity contribution is 7.90. The summed E-state index contributed by atoms with van der Waals surface area (Å²) in [5.74, 6) is 3.47. The molecule has 0 amide bonds. The van der Waals surface area contributed by atoms with E-state index in [4.69, 9.17) is 4.43 Å². The van der Waals surface area contributed by atoms with Crippen molar-refractivity contribution in [3.63, 3.8) is 0 Å². The van der Waals surface area contributed by atoms with Crippen LogP contribution in [0.25, 0.3) is 0 Å². The molecule has 1 N–H and O–H groups in total. The zero-order valence-electron chi connectivity index (χ0n) is 22.7. The molecule has 6 heteroatoms. The molecule has 3 nitrogen and oxygen atoms in total. The lowest BCUT2D eigenvalue weighted by Gasteiger charge is -2.44. The molecule has 0 bridgehead atoms. The molecule has 0 aliphatic carbocycles. The van der Waals surface area contributed by atoms with Crippen LogP contribution < -0.4 is 15.1 Å². The van der Waals surface area contributed by atoms with Crippen molar-refractivity contribution in [1.82, 2.24) is 4.72 Å². The second-order valence-electron chi connectivity index (χ2n) is 12.3. The minimum atomic E-state index is -2.73. The first-order valence-electron chi connectivity index (χ1n) is 12.0. The number of hydrogen-bond acceptors (Lipinski definition) is 3. The molecule has 0 heterocycles. The smallest absolute Gasteiger partial charge is 0.261 e. The molecular formula is C28H43NO2SSi2. The Morgan fingerprint density at radius 3 is 1.62 bits per heavy atom. The van der Waals surface area contributed by atoms with Gasteiger partial charge in [0.25, 0.3) is 8.32 Å². The van der Waals surface area contributed by atoms with Gasteiger partial charge in [-0.3, -0.25) is 0 Å². The molecule has 0 aromatic heterocycles. The minimum Gasteiger partial charge on any atom is -0.598 e. The quantitative estimate of drug-likeness (QED) is 0.312. The molecule has 186 valence electrons. The zero-order valence-corrected chi connectivity index (χ0v) is 25.5. The standard InChI is InChI=1S/C28H43NO2SSi2/c1-26(2,3)32(30)29-28(7,21-22-33(8,9)10)23-31-34(27(4,5)6,24-17-13-11-14-18-24)25-19-15-12-16-20-25/h11-20,29H,23H2,1-10H3. The summed E-state index contributed by atoms with van der Waals surface area (Å²) in [6.07, 6.45) is 0. The summed E-state index contributed by atoms with van der Waals surface area (Å²) in [7, 11) is -4.37. The van der Waals surface area contributed by atoms with Crippen LogP contribution in [0.4, 0.5) is 0 Å². The van der Waals surface area contributed by atoms with E-state index in [1.54, 1.807) is 0 Å². The summed E-state index contributed by atoms with van der Waals surface area (Å²) >= 11 is -1.28. The number of benzene rings is 2. The second-order valence-corrected chi connectivity index (χ2v) is 23.3. The summed E-state index contributed by atoms with van der Waals surface area (Å²) in [6.45, 7) is 21.8. The van der Waals surface area contributed by atoms with E-state index in [9.17, 15) is 4.55 Å². The van der Waals surface area contributed by atoms with Crippen LogP contribution in [0.5, 0.6) is 0 Å². The summed E-state index contributed by atoms with van der Waals surface area (Å²) < 4.78 is 23.3. The van der Waals surface area contributed by atoms with Crippen LogP contribution in [0.3, 0.4) is 0 Å². The Balaban J connectivity index is 2.62. The zero-order chi connectivity index (χ0) is 25.8. The molecule has 0 radical (unpaired) electrons. The second kappa shape index (κ2) is 10.7. The highest BCUT2D eigenvalue weighted by atomic mass is 32.2. The third-order valence-corrected chi connectivity index (χ3v) is 13.2. The van der Waals surface area contributed by atoms with Gasteiger partial charge in [0.2, 0.25) is 0 Å². The molecule has 0 saturated carbocycles. The molecule has 2 aromatic rings. The van der Waals surface area contributed by atoms with Gasteiger partial charge in [-0.15, -0.1) is 10.3 Å². The van der Waals surface area contributed by atoms with Crippen LogP contribution in [-0.2, 0) is 15.8 Å². The molecular weight excluding hydrogens is 471 g/mol. The fourth-order valence-electron chi connectivity index (χ4n) is 3.79. The maximum Gasteiger partial charge on any atom is 0.261 e. The first-order chi connectivity index (χ1) is 15.5. The van der Waals surface area contributed by atoms with Gasteiger partial charge < -0.3 is 8.98 Å². The van der Waals surface area contributed by atoms with Crippen LogP contribution >= 0.6 is 0 Å².